The summed E-state index contributed by atoms with van der Waals surface area (Å²) in [5.41, 5.74) is 0.584. The lowest BCUT2D eigenvalue weighted by atomic mass is 9.80. The zero-order valence-corrected chi connectivity index (χ0v) is 9.86. The SMILES string of the molecule is C1=CC(N2CCC3(CCCNC3)C2)CC=N1. The summed E-state index contributed by atoms with van der Waals surface area (Å²) < 4.78 is 0. The summed E-state index contributed by atoms with van der Waals surface area (Å²) in [5, 5.41) is 3.57. The number of nitrogens with one attached hydrogen (secondary N) is 1. The minimum absolute atomic E-state index is 0.584. The van der Waals surface area contributed by atoms with Gasteiger partial charge in [0.15, 0.2) is 0 Å². The Bertz CT molecular complexity index is 302. The summed E-state index contributed by atoms with van der Waals surface area (Å²) in [4.78, 5) is 6.81. The highest BCUT2D eigenvalue weighted by molar-refractivity contribution is 5.61. The van der Waals surface area contributed by atoms with Crippen LogP contribution in [0.4, 0.5) is 0 Å². The number of nitrogens with zero attached hydrogens (tertiary/aromatic N) is 2. The Balaban J connectivity index is 1.63. The summed E-state index contributed by atoms with van der Waals surface area (Å²) in [6.45, 7) is 5.00. The molecule has 2 fully saturated rings. The second-order valence-corrected chi connectivity index (χ2v) is 5.48. The highest BCUT2D eigenvalue weighted by Gasteiger charge is 2.40. The van der Waals surface area contributed by atoms with Gasteiger partial charge in [-0.2, -0.15) is 0 Å². The molecule has 0 aromatic heterocycles. The molecule has 2 saturated heterocycles. The second-order valence-electron chi connectivity index (χ2n) is 5.48. The van der Waals surface area contributed by atoms with Gasteiger partial charge in [0.2, 0.25) is 0 Å². The average Bonchev–Trinajstić information content (AvgIpc) is 2.75. The predicted molar refractivity (Wildman–Crippen MR) is 66.8 cm³/mol. The summed E-state index contributed by atoms with van der Waals surface area (Å²) in [5.74, 6) is 0. The fourth-order valence-corrected chi connectivity index (χ4v) is 3.36. The molecule has 3 heterocycles. The monoisotopic (exact) mass is 219 g/mol. The van der Waals surface area contributed by atoms with Gasteiger partial charge in [-0.15, -0.1) is 0 Å². The Morgan fingerprint density at radius 2 is 2.38 bits per heavy atom. The lowest BCUT2D eigenvalue weighted by Gasteiger charge is -2.35. The first-order valence-corrected chi connectivity index (χ1v) is 6.51. The molecule has 3 heteroatoms. The fraction of sp³-hybridized carbons (Fsp3) is 0.769. The zero-order valence-electron chi connectivity index (χ0n) is 9.86. The van der Waals surface area contributed by atoms with Gasteiger partial charge in [-0.3, -0.25) is 9.89 Å². The number of aliphatic imine (C=N–C) groups is 1. The minimum atomic E-state index is 0.584. The standard InChI is InChI=1S/C13H21N3/c1-4-13(10-15-6-1)5-9-16(11-13)12-2-7-14-8-3-12/h2,7-8,12,15H,1,3-6,9-11H2. The molecule has 2 unspecified atom stereocenters. The van der Waals surface area contributed by atoms with Gasteiger partial charge in [0.1, 0.15) is 0 Å². The van der Waals surface area contributed by atoms with Crippen molar-refractivity contribution in [2.75, 3.05) is 26.2 Å². The average molecular weight is 219 g/mol. The van der Waals surface area contributed by atoms with Crippen LogP contribution in [0.15, 0.2) is 17.3 Å². The van der Waals surface area contributed by atoms with Crippen molar-refractivity contribution in [2.24, 2.45) is 10.4 Å². The van der Waals surface area contributed by atoms with Crippen molar-refractivity contribution < 1.29 is 0 Å². The van der Waals surface area contributed by atoms with E-state index >= 15 is 0 Å². The molecule has 3 nitrogen and oxygen atoms in total. The Morgan fingerprint density at radius 1 is 1.38 bits per heavy atom. The van der Waals surface area contributed by atoms with E-state index in [1.165, 1.54) is 45.4 Å². The summed E-state index contributed by atoms with van der Waals surface area (Å²) >= 11 is 0. The third-order valence-electron chi connectivity index (χ3n) is 4.34. The molecule has 0 bridgehead atoms. The van der Waals surface area contributed by atoms with Crippen molar-refractivity contribution in [3.8, 4) is 0 Å². The van der Waals surface area contributed by atoms with Gasteiger partial charge in [0.05, 0.1) is 0 Å². The maximum atomic E-state index is 4.16. The largest absolute Gasteiger partial charge is 0.316 e. The van der Waals surface area contributed by atoms with E-state index in [0.717, 1.165) is 6.42 Å². The molecule has 0 radical (unpaired) electrons. The van der Waals surface area contributed by atoms with Crippen molar-refractivity contribution in [1.82, 2.24) is 10.2 Å². The first-order valence-electron chi connectivity index (χ1n) is 6.51. The normalized spacial score (nSPS) is 39.6. The molecule has 0 aromatic rings. The van der Waals surface area contributed by atoms with Crippen LogP contribution >= 0.6 is 0 Å². The van der Waals surface area contributed by atoms with Crippen LogP contribution < -0.4 is 5.32 Å². The van der Waals surface area contributed by atoms with Crippen LogP contribution in [0.25, 0.3) is 0 Å². The Hall–Kier alpha value is -0.670. The smallest absolute Gasteiger partial charge is 0.0345 e. The first-order chi connectivity index (χ1) is 7.88. The fourth-order valence-electron chi connectivity index (χ4n) is 3.36. The molecule has 1 spiro atoms. The summed E-state index contributed by atoms with van der Waals surface area (Å²) in [7, 11) is 0. The predicted octanol–water partition coefficient (Wildman–Crippen LogP) is 1.42. The van der Waals surface area contributed by atoms with Crippen LogP contribution in [0, 0.1) is 5.41 Å². The number of rotatable bonds is 1. The molecular weight excluding hydrogens is 198 g/mol. The molecule has 88 valence electrons. The molecule has 3 aliphatic heterocycles. The highest BCUT2D eigenvalue weighted by atomic mass is 15.2. The molecule has 16 heavy (non-hydrogen) atoms. The van der Waals surface area contributed by atoms with Crippen molar-refractivity contribution in [3.05, 3.63) is 12.3 Å². The van der Waals surface area contributed by atoms with Crippen molar-refractivity contribution in [3.63, 3.8) is 0 Å². The van der Waals surface area contributed by atoms with E-state index in [4.69, 9.17) is 0 Å². The van der Waals surface area contributed by atoms with Gasteiger partial charge in [-0.25, -0.2) is 0 Å². The lowest BCUT2D eigenvalue weighted by Crippen LogP contribution is -2.43. The van der Waals surface area contributed by atoms with Gasteiger partial charge < -0.3 is 5.32 Å². The number of hydrogen-bond acceptors (Lipinski definition) is 3. The van der Waals surface area contributed by atoms with E-state index in [-0.39, 0.29) is 0 Å². The molecule has 0 aromatic carbocycles. The van der Waals surface area contributed by atoms with Gasteiger partial charge in [0.25, 0.3) is 0 Å². The molecule has 0 aliphatic carbocycles. The topological polar surface area (TPSA) is 27.6 Å². The first kappa shape index (κ1) is 10.5. The van der Waals surface area contributed by atoms with E-state index in [9.17, 15) is 0 Å². The van der Waals surface area contributed by atoms with Gasteiger partial charge in [-0.1, -0.05) is 0 Å². The van der Waals surface area contributed by atoms with Gasteiger partial charge in [-0.05, 0) is 43.8 Å². The molecular formula is C13H21N3. The number of hydrogen-bond donors (Lipinski definition) is 1. The summed E-state index contributed by atoms with van der Waals surface area (Å²) in [6.07, 6.45) is 11.5. The van der Waals surface area contributed by atoms with E-state index in [0.29, 0.717) is 11.5 Å². The Labute approximate surface area is 97.6 Å². The molecule has 1 N–H and O–H groups in total. The maximum absolute atomic E-state index is 4.16. The molecule has 0 saturated carbocycles. The molecule has 0 amide bonds. The third kappa shape index (κ3) is 1.94. The van der Waals surface area contributed by atoms with Crippen LogP contribution in [0.5, 0.6) is 0 Å². The van der Waals surface area contributed by atoms with Crippen LogP contribution in [0.3, 0.4) is 0 Å². The highest BCUT2D eigenvalue weighted by Crippen LogP contribution is 2.37. The van der Waals surface area contributed by atoms with Crippen molar-refractivity contribution >= 4 is 6.21 Å². The number of likely N-dealkylation sites (tertiary alicyclic amines) is 1. The molecule has 2 atom stereocenters. The van der Waals surface area contributed by atoms with Crippen LogP contribution in [-0.4, -0.2) is 43.3 Å². The van der Waals surface area contributed by atoms with Crippen LogP contribution in [0.2, 0.25) is 0 Å². The van der Waals surface area contributed by atoms with Crippen LogP contribution in [-0.2, 0) is 0 Å². The van der Waals surface area contributed by atoms with Crippen LogP contribution in [0.1, 0.15) is 25.7 Å². The van der Waals surface area contributed by atoms with Crippen molar-refractivity contribution in [1.29, 1.82) is 0 Å². The number of piperidine rings is 1. The maximum Gasteiger partial charge on any atom is 0.0345 e. The zero-order chi connectivity index (χ0) is 10.8. The summed E-state index contributed by atoms with van der Waals surface area (Å²) in [6, 6.07) is 0.610. The van der Waals surface area contributed by atoms with Gasteiger partial charge >= 0.3 is 0 Å². The van der Waals surface area contributed by atoms with E-state index in [1.807, 2.05) is 6.20 Å². The second kappa shape index (κ2) is 4.30. The molecule has 3 aliphatic rings. The lowest BCUT2D eigenvalue weighted by molar-refractivity contribution is 0.189. The van der Waals surface area contributed by atoms with E-state index in [1.54, 1.807) is 0 Å². The Morgan fingerprint density at radius 3 is 3.12 bits per heavy atom. The van der Waals surface area contributed by atoms with E-state index < -0.39 is 0 Å². The minimum Gasteiger partial charge on any atom is -0.316 e. The van der Waals surface area contributed by atoms with Gasteiger partial charge in [0, 0.05) is 38.0 Å². The third-order valence-corrected chi connectivity index (χ3v) is 4.34. The van der Waals surface area contributed by atoms with E-state index in [2.05, 4.69) is 27.5 Å². The quantitative estimate of drug-likeness (QED) is 0.722. The Kier molecular flexibility index (Phi) is 2.82. The molecule has 3 rings (SSSR count). The van der Waals surface area contributed by atoms with Crippen molar-refractivity contribution in [2.45, 2.75) is 31.7 Å².